The number of carbonyl (C=O) groups is 1. The molecule has 0 aliphatic heterocycles. The van der Waals surface area contributed by atoms with Gasteiger partial charge in [0.2, 0.25) is 0 Å². The van der Waals surface area contributed by atoms with E-state index in [9.17, 15) is 18.0 Å². The first kappa shape index (κ1) is 18.7. The third-order valence-electron chi connectivity index (χ3n) is 7.11. The van der Waals surface area contributed by atoms with E-state index in [2.05, 4.69) is 12.1 Å². The van der Waals surface area contributed by atoms with Gasteiger partial charge in [-0.05, 0) is 104 Å². The maximum absolute atomic E-state index is 12.5. The van der Waals surface area contributed by atoms with Gasteiger partial charge in [-0.2, -0.15) is 13.2 Å². The number of halogens is 3. The second-order valence-corrected chi connectivity index (χ2v) is 9.18. The Hall–Kier alpha value is -2.30. The van der Waals surface area contributed by atoms with Crippen molar-refractivity contribution in [2.75, 3.05) is 0 Å². The third kappa shape index (κ3) is 3.45. The van der Waals surface area contributed by atoms with Crippen LogP contribution >= 0.6 is 0 Å². The van der Waals surface area contributed by atoms with Gasteiger partial charge >= 0.3 is 6.18 Å². The summed E-state index contributed by atoms with van der Waals surface area (Å²) in [5.41, 5.74) is 1.34. The Morgan fingerprint density at radius 3 is 1.69 bits per heavy atom. The standard InChI is InChI=1S/C24H23F3O2/c25-24(26,27)22(28)18-1-5-20(6-2-18)29-21-7-3-19(4-8-21)23-12-15-9-16(13-23)11-17(10-15)14-23/h1-8,15-17H,9-14H2. The third-order valence-corrected chi connectivity index (χ3v) is 7.11. The first-order valence-electron chi connectivity index (χ1n) is 10.3. The summed E-state index contributed by atoms with van der Waals surface area (Å²) in [5.74, 6) is 1.86. The van der Waals surface area contributed by atoms with E-state index in [4.69, 9.17) is 4.74 Å². The van der Waals surface area contributed by atoms with Crippen molar-refractivity contribution in [3.05, 3.63) is 59.7 Å². The topological polar surface area (TPSA) is 26.3 Å². The Labute approximate surface area is 168 Å². The molecule has 0 saturated heterocycles. The molecule has 0 unspecified atom stereocenters. The fraction of sp³-hybridized carbons (Fsp3) is 0.458. The van der Waals surface area contributed by atoms with Crippen LogP contribution in [0.25, 0.3) is 0 Å². The molecule has 4 bridgehead atoms. The number of carbonyl (C=O) groups excluding carboxylic acids is 1. The van der Waals surface area contributed by atoms with Gasteiger partial charge in [0.1, 0.15) is 11.5 Å². The second-order valence-electron chi connectivity index (χ2n) is 9.18. The van der Waals surface area contributed by atoms with Crippen molar-refractivity contribution in [3.8, 4) is 11.5 Å². The zero-order chi connectivity index (χ0) is 20.2. The first-order chi connectivity index (χ1) is 13.8. The van der Waals surface area contributed by atoms with E-state index in [1.54, 1.807) is 0 Å². The van der Waals surface area contributed by atoms with Gasteiger partial charge < -0.3 is 4.74 Å². The average molecular weight is 400 g/mol. The van der Waals surface area contributed by atoms with Crippen LogP contribution in [0, 0.1) is 17.8 Å². The van der Waals surface area contributed by atoms with Crippen LogP contribution in [0.4, 0.5) is 13.2 Å². The Bertz CT molecular complexity index is 877. The maximum atomic E-state index is 12.5. The minimum absolute atomic E-state index is 0.326. The molecular weight excluding hydrogens is 377 g/mol. The van der Waals surface area contributed by atoms with Gasteiger partial charge in [-0.3, -0.25) is 4.79 Å². The largest absolute Gasteiger partial charge is 0.457 e. The molecule has 0 radical (unpaired) electrons. The molecule has 5 heteroatoms. The van der Waals surface area contributed by atoms with Crippen molar-refractivity contribution in [2.45, 2.75) is 50.1 Å². The molecular formula is C24H23F3O2. The number of benzene rings is 2. The van der Waals surface area contributed by atoms with Crippen LogP contribution < -0.4 is 4.74 Å². The lowest BCUT2D eigenvalue weighted by Gasteiger charge is -2.57. The quantitative estimate of drug-likeness (QED) is 0.534. The van der Waals surface area contributed by atoms with Crippen molar-refractivity contribution in [1.29, 1.82) is 0 Å². The molecule has 6 rings (SSSR count). The lowest BCUT2D eigenvalue weighted by atomic mass is 9.48. The Morgan fingerprint density at radius 1 is 0.793 bits per heavy atom. The second kappa shape index (κ2) is 6.61. The summed E-state index contributed by atoms with van der Waals surface area (Å²) in [5, 5.41) is 0. The molecule has 4 saturated carbocycles. The molecule has 0 atom stereocenters. The van der Waals surface area contributed by atoms with Crippen LogP contribution in [0.5, 0.6) is 11.5 Å². The highest BCUT2D eigenvalue weighted by Gasteiger charge is 2.51. The summed E-state index contributed by atoms with van der Waals surface area (Å²) < 4.78 is 43.3. The van der Waals surface area contributed by atoms with Crippen LogP contribution in [0.2, 0.25) is 0 Å². The SMILES string of the molecule is O=C(c1ccc(Oc2ccc(C34CC5CC(CC(C5)C3)C4)cc2)cc1)C(F)(F)F. The molecule has 0 N–H and O–H groups in total. The van der Waals surface area contributed by atoms with E-state index in [0.717, 1.165) is 29.9 Å². The number of ether oxygens (including phenoxy) is 1. The highest BCUT2D eigenvalue weighted by Crippen LogP contribution is 2.60. The highest BCUT2D eigenvalue weighted by molar-refractivity contribution is 6.00. The summed E-state index contributed by atoms with van der Waals surface area (Å²) in [6.07, 6.45) is 3.26. The lowest BCUT2D eigenvalue weighted by molar-refractivity contribution is -0.0885. The Morgan fingerprint density at radius 2 is 1.24 bits per heavy atom. The van der Waals surface area contributed by atoms with E-state index in [0.29, 0.717) is 16.9 Å². The summed E-state index contributed by atoms with van der Waals surface area (Å²) >= 11 is 0. The number of hydrogen-bond acceptors (Lipinski definition) is 2. The molecule has 2 aromatic carbocycles. The fourth-order valence-electron chi connectivity index (χ4n) is 6.31. The zero-order valence-corrected chi connectivity index (χ0v) is 16.0. The van der Waals surface area contributed by atoms with Crippen LogP contribution in [0.1, 0.15) is 54.4 Å². The predicted octanol–water partition coefficient (Wildman–Crippen LogP) is 6.69. The van der Waals surface area contributed by atoms with Gasteiger partial charge in [0.25, 0.3) is 5.78 Å². The number of hydrogen-bond donors (Lipinski definition) is 0. The highest BCUT2D eigenvalue weighted by atomic mass is 19.4. The normalized spacial score (nSPS) is 30.4. The first-order valence-corrected chi connectivity index (χ1v) is 10.3. The summed E-state index contributed by atoms with van der Waals surface area (Å²) in [6.45, 7) is 0. The molecule has 0 spiro atoms. The van der Waals surface area contributed by atoms with Gasteiger partial charge in [0.05, 0.1) is 0 Å². The van der Waals surface area contributed by atoms with Crippen molar-refractivity contribution in [2.24, 2.45) is 17.8 Å². The average Bonchev–Trinajstić information content (AvgIpc) is 2.67. The van der Waals surface area contributed by atoms with Gasteiger partial charge in [0.15, 0.2) is 0 Å². The van der Waals surface area contributed by atoms with Crippen LogP contribution in [0.15, 0.2) is 48.5 Å². The lowest BCUT2D eigenvalue weighted by Crippen LogP contribution is -2.48. The summed E-state index contributed by atoms with van der Waals surface area (Å²) in [6, 6.07) is 13.3. The smallest absolute Gasteiger partial charge is 0.454 e. The summed E-state index contributed by atoms with van der Waals surface area (Å²) in [7, 11) is 0. The molecule has 152 valence electrons. The number of Topliss-reactive ketones (excluding diaryl/α,β-unsaturated/α-hetero) is 1. The Balaban J connectivity index is 1.30. The van der Waals surface area contributed by atoms with Crippen molar-refractivity contribution in [3.63, 3.8) is 0 Å². The molecule has 0 amide bonds. The molecule has 0 heterocycles. The number of alkyl halides is 3. The molecule has 4 fully saturated rings. The van der Waals surface area contributed by atoms with Gasteiger partial charge in [-0.1, -0.05) is 12.1 Å². The molecule has 4 aliphatic rings. The monoisotopic (exact) mass is 400 g/mol. The zero-order valence-electron chi connectivity index (χ0n) is 16.0. The molecule has 0 aromatic heterocycles. The van der Waals surface area contributed by atoms with Crippen molar-refractivity contribution in [1.82, 2.24) is 0 Å². The van der Waals surface area contributed by atoms with Gasteiger partial charge in [-0.15, -0.1) is 0 Å². The number of rotatable bonds is 4. The van der Waals surface area contributed by atoms with E-state index in [1.807, 2.05) is 12.1 Å². The van der Waals surface area contributed by atoms with Crippen molar-refractivity contribution < 1.29 is 22.7 Å². The van der Waals surface area contributed by atoms with E-state index in [1.165, 1.54) is 56.2 Å². The molecule has 2 nitrogen and oxygen atoms in total. The number of ketones is 1. The predicted molar refractivity (Wildman–Crippen MR) is 103 cm³/mol. The Kier molecular flexibility index (Phi) is 4.27. The van der Waals surface area contributed by atoms with Crippen LogP contribution in [-0.4, -0.2) is 12.0 Å². The van der Waals surface area contributed by atoms with E-state index >= 15 is 0 Å². The van der Waals surface area contributed by atoms with E-state index < -0.39 is 12.0 Å². The van der Waals surface area contributed by atoms with Crippen LogP contribution in [-0.2, 0) is 5.41 Å². The van der Waals surface area contributed by atoms with Crippen LogP contribution in [0.3, 0.4) is 0 Å². The minimum atomic E-state index is -4.87. The molecule has 4 aliphatic carbocycles. The molecule has 29 heavy (non-hydrogen) atoms. The van der Waals surface area contributed by atoms with Crippen molar-refractivity contribution >= 4 is 5.78 Å². The summed E-state index contributed by atoms with van der Waals surface area (Å²) in [4.78, 5) is 11.3. The van der Waals surface area contributed by atoms with Gasteiger partial charge in [0, 0.05) is 5.56 Å². The maximum Gasteiger partial charge on any atom is 0.454 e. The van der Waals surface area contributed by atoms with E-state index in [-0.39, 0.29) is 5.56 Å². The minimum Gasteiger partial charge on any atom is -0.457 e. The molecule has 2 aromatic rings. The van der Waals surface area contributed by atoms with Gasteiger partial charge in [-0.25, -0.2) is 0 Å². The fourth-order valence-corrected chi connectivity index (χ4v) is 6.31.